The number of methoxy groups -OCH3 is 1. The quantitative estimate of drug-likeness (QED) is 0.262. The maximum Gasteiger partial charge on any atom is 0.437 e. The average molecular weight is 803 g/mol. The molecule has 316 valence electrons. The second-order valence-electron chi connectivity index (χ2n) is 17.8. The molecule has 1 unspecified atom stereocenters. The molecule has 2 fully saturated rings. The summed E-state index contributed by atoms with van der Waals surface area (Å²) in [5, 5.41) is 2.60. The number of ether oxygens (including phenoxy) is 7. The lowest BCUT2D eigenvalue weighted by Gasteiger charge is -2.55. The number of carbonyl (C=O) groups excluding carboxylic acids is 5. The van der Waals surface area contributed by atoms with Crippen LogP contribution < -0.4 is 10.1 Å². The minimum Gasteiger partial charge on any atom is -0.497 e. The van der Waals surface area contributed by atoms with Gasteiger partial charge in [0, 0.05) is 19.9 Å². The van der Waals surface area contributed by atoms with Crippen molar-refractivity contribution < 1.29 is 57.1 Å². The summed E-state index contributed by atoms with van der Waals surface area (Å²) >= 11 is 0. The van der Waals surface area contributed by atoms with E-state index in [4.69, 9.17) is 38.2 Å². The van der Waals surface area contributed by atoms with Gasteiger partial charge >= 0.3 is 30.3 Å². The van der Waals surface area contributed by atoms with Crippen LogP contribution in [0.25, 0.3) is 0 Å². The maximum absolute atomic E-state index is 14.6. The molecule has 57 heavy (non-hydrogen) atoms. The molecule has 3 heterocycles. The van der Waals surface area contributed by atoms with Gasteiger partial charge in [0.2, 0.25) is 11.9 Å². The first-order valence-corrected chi connectivity index (χ1v) is 18.8. The van der Waals surface area contributed by atoms with Gasteiger partial charge in [0.1, 0.15) is 40.3 Å². The first-order valence-electron chi connectivity index (χ1n) is 18.8. The maximum atomic E-state index is 14.6. The Balaban J connectivity index is 2.04. The van der Waals surface area contributed by atoms with E-state index in [0.29, 0.717) is 5.75 Å². The molecule has 1 N–H and O–H groups in total. The number of amides is 4. The second kappa shape index (κ2) is 16.4. The SMILES string of the molecule is COc1ccc(COC[C@H]2[C@@H]3N=C(NC(=O)OC(C)(C)C)N(C(=O)OC(C)(C)C)[C@]34C(OC(C)=O)CCN4/C(=N\C(=O)OC(C)(C)C)N2C(=O)OC(C)(C)C)cc1. The molecule has 3 aliphatic rings. The summed E-state index contributed by atoms with van der Waals surface area (Å²) in [6.07, 6.45) is -5.09. The zero-order valence-electron chi connectivity index (χ0n) is 35.5. The van der Waals surface area contributed by atoms with E-state index in [9.17, 15) is 24.0 Å². The van der Waals surface area contributed by atoms with Crippen LogP contribution in [0.2, 0.25) is 0 Å². The number of nitrogens with one attached hydrogen (secondary N) is 1. The van der Waals surface area contributed by atoms with Crippen molar-refractivity contribution in [3.63, 3.8) is 0 Å². The predicted octanol–water partition coefficient (Wildman–Crippen LogP) is 5.96. The van der Waals surface area contributed by atoms with Gasteiger partial charge in [-0.25, -0.2) is 34.0 Å². The molecule has 4 atom stereocenters. The van der Waals surface area contributed by atoms with E-state index in [1.165, 1.54) is 11.8 Å². The minimum absolute atomic E-state index is 0.0384. The summed E-state index contributed by atoms with van der Waals surface area (Å²) in [5.41, 5.74) is -5.22. The van der Waals surface area contributed by atoms with Crippen LogP contribution >= 0.6 is 0 Å². The molecule has 0 saturated carbocycles. The summed E-state index contributed by atoms with van der Waals surface area (Å²) in [4.78, 5) is 82.1. The lowest BCUT2D eigenvalue weighted by atomic mass is 9.86. The van der Waals surface area contributed by atoms with E-state index in [1.807, 2.05) is 0 Å². The van der Waals surface area contributed by atoms with E-state index in [2.05, 4.69) is 10.3 Å². The van der Waals surface area contributed by atoms with E-state index >= 15 is 0 Å². The van der Waals surface area contributed by atoms with Crippen molar-refractivity contribution in [3.8, 4) is 5.75 Å². The number of nitrogens with zero attached hydrogens (tertiary/aromatic N) is 5. The Kier molecular flexibility index (Phi) is 12.8. The zero-order valence-corrected chi connectivity index (χ0v) is 35.5. The van der Waals surface area contributed by atoms with Crippen molar-refractivity contribution in [2.24, 2.45) is 9.98 Å². The number of guanidine groups is 2. The molecule has 0 aromatic heterocycles. The highest BCUT2D eigenvalue weighted by Gasteiger charge is 2.73. The Morgan fingerprint density at radius 3 is 1.91 bits per heavy atom. The fraction of sp³-hybridized carbons (Fsp3) is 0.667. The fourth-order valence-electron chi connectivity index (χ4n) is 6.62. The molecule has 0 radical (unpaired) electrons. The van der Waals surface area contributed by atoms with Crippen LogP contribution in [0.1, 0.15) is 102 Å². The smallest absolute Gasteiger partial charge is 0.437 e. The van der Waals surface area contributed by atoms with Crippen molar-refractivity contribution in [2.45, 2.75) is 149 Å². The molecule has 0 aliphatic carbocycles. The van der Waals surface area contributed by atoms with Crippen molar-refractivity contribution in [2.75, 3.05) is 20.3 Å². The molecule has 0 bridgehead atoms. The number of alkyl carbamates (subject to hydrolysis) is 1. The Hall–Kier alpha value is -5.13. The van der Waals surface area contributed by atoms with E-state index in [0.717, 1.165) is 15.4 Å². The van der Waals surface area contributed by atoms with Gasteiger partial charge in [-0.2, -0.15) is 0 Å². The summed E-state index contributed by atoms with van der Waals surface area (Å²) in [6.45, 7) is 20.9. The van der Waals surface area contributed by atoms with Crippen LogP contribution in [-0.2, 0) is 39.8 Å². The molecular formula is C39H58N6O12. The van der Waals surface area contributed by atoms with E-state index in [-0.39, 0.29) is 38.1 Å². The third-order valence-corrected chi connectivity index (χ3v) is 8.33. The van der Waals surface area contributed by atoms with Crippen LogP contribution in [0, 0.1) is 0 Å². The van der Waals surface area contributed by atoms with Crippen molar-refractivity contribution in [1.29, 1.82) is 0 Å². The lowest BCUT2D eigenvalue weighted by molar-refractivity contribution is -0.159. The predicted molar refractivity (Wildman–Crippen MR) is 206 cm³/mol. The molecule has 2 saturated heterocycles. The summed E-state index contributed by atoms with van der Waals surface area (Å²) in [5.74, 6) is -0.697. The summed E-state index contributed by atoms with van der Waals surface area (Å²) < 4.78 is 40.6. The molecule has 1 spiro atoms. The van der Waals surface area contributed by atoms with Crippen molar-refractivity contribution >= 4 is 42.3 Å². The highest BCUT2D eigenvalue weighted by atomic mass is 16.6. The highest BCUT2D eigenvalue weighted by Crippen LogP contribution is 2.49. The van der Waals surface area contributed by atoms with Crippen LogP contribution in [0.3, 0.4) is 0 Å². The largest absolute Gasteiger partial charge is 0.497 e. The third kappa shape index (κ3) is 10.8. The molecule has 1 aromatic carbocycles. The van der Waals surface area contributed by atoms with Crippen LogP contribution in [0.5, 0.6) is 5.75 Å². The zero-order chi connectivity index (χ0) is 42.9. The number of esters is 1. The highest BCUT2D eigenvalue weighted by molar-refractivity contribution is 6.07. The fourth-order valence-corrected chi connectivity index (χ4v) is 6.62. The van der Waals surface area contributed by atoms with E-state index < -0.39 is 76.6 Å². The van der Waals surface area contributed by atoms with Gasteiger partial charge in [0.15, 0.2) is 5.66 Å². The van der Waals surface area contributed by atoms with Gasteiger partial charge in [-0.15, -0.1) is 4.99 Å². The standard InChI is InChI=1S/C39H58N6O12/c1-23(46)53-27-19-20-43-30(42-32(48)55-36(5,6)7)44(33(49)56-37(8,9)10)26(22-52-21-24-15-17-25(51-14)18-16-24)28-39(27,43)45(34(50)57-38(11,12)13)29(40-28)41-31(47)54-35(2,3)4/h15-18,26-28H,19-22H2,1-14H3,(H,40,41,47)/b42-30+/t26-,27?,28-,39+/m0/s1. The molecule has 18 nitrogen and oxygen atoms in total. The van der Waals surface area contributed by atoms with Gasteiger partial charge in [0.05, 0.1) is 26.4 Å². The molecule has 4 rings (SSSR count). The first kappa shape index (κ1) is 44.6. The number of benzene rings is 1. The molecule has 1 aromatic rings. The molecular weight excluding hydrogens is 744 g/mol. The lowest BCUT2D eigenvalue weighted by Crippen LogP contribution is -2.80. The molecule has 3 aliphatic heterocycles. The van der Waals surface area contributed by atoms with E-state index in [1.54, 1.807) is 114 Å². The van der Waals surface area contributed by atoms with Crippen LogP contribution in [-0.4, -0.2) is 123 Å². The average Bonchev–Trinajstić information content (AvgIpc) is 3.54. The Labute approximate surface area is 334 Å². The summed E-state index contributed by atoms with van der Waals surface area (Å²) in [7, 11) is 1.55. The monoisotopic (exact) mass is 802 g/mol. The van der Waals surface area contributed by atoms with Gasteiger partial charge in [0.25, 0.3) is 0 Å². The second-order valence-corrected chi connectivity index (χ2v) is 17.8. The molecule has 18 heteroatoms. The molecule has 4 amide bonds. The summed E-state index contributed by atoms with van der Waals surface area (Å²) in [6, 6.07) is 4.62. The van der Waals surface area contributed by atoms with Gasteiger partial charge in [-0.05, 0) is 101 Å². The third-order valence-electron chi connectivity index (χ3n) is 8.33. The number of carbonyl (C=O) groups is 5. The Morgan fingerprint density at radius 2 is 1.39 bits per heavy atom. The Morgan fingerprint density at radius 1 is 0.825 bits per heavy atom. The van der Waals surface area contributed by atoms with Gasteiger partial charge in [-0.1, -0.05) is 12.1 Å². The van der Waals surface area contributed by atoms with Crippen LogP contribution in [0.4, 0.5) is 19.2 Å². The van der Waals surface area contributed by atoms with Crippen molar-refractivity contribution in [3.05, 3.63) is 29.8 Å². The normalized spacial score (nSPS) is 22.9. The van der Waals surface area contributed by atoms with Crippen molar-refractivity contribution in [1.82, 2.24) is 20.0 Å². The van der Waals surface area contributed by atoms with Crippen LogP contribution in [0.15, 0.2) is 34.3 Å². The Bertz CT molecular complexity index is 1750. The number of rotatable bonds is 6. The topological polar surface area (TPSA) is 196 Å². The first-order chi connectivity index (χ1) is 26.1. The van der Waals surface area contributed by atoms with Gasteiger partial charge < -0.3 is 38.1 Å². The minimum atomic E-state index is -1.91. The number of hydrogen-bond acceptors (Lipinski definition) is 13. The van der Waals surface area contributed by atoms with Gasteiger partial charge in [-0.3, -0.25) is 10.1 Å². The number of hydrogen-bond donors (Lipinski definition) is 1. The number of aliphatic imine (C=N–C) groups is 2.